The number of para-hydroxylation sites is 1. The maximum Gasteiger partial charge on any atom is 0.271 e. The molecular weight excluding hydrogens is 430 g/mol. The summed E-state index contributed by atoms with van der Waals surface area (Å²) in [6.07, 6.45) is 0. The Bertz CT molecular complexity index is 1120. The molecule has 9 heteroatoms. The van der Waals surface area contributed by atoms with Crippen LogP contribution in [-0.2, 0) is 0 Å². The molecule has 0 saturated heterocycles. The lowest BCUT2D eigenvalue weighted by Gasteiger charge is -2.12. The molecule has 0 aliphatic rings. The first-order valence-electron chi connectivity index (χ1n) is 9.70. The van der Waals surface area contributed by atoms with Crippen LogP contribution < -0.4 is 20.1 Å². The van der Waals surface area contributed by atoms with E-state index in [-0.39, 0.29) is 10.8 Å². The van der Waals surface area contributed by atoms with Crippen molar-refractivity contribution in [2.24, 2.45) is 0 Å². The van der Waals surface area contributed by atoms with E-state index < -0.39 is 10.8 Å². The zero-order valence-electron chi connectivity index (χ0n) is 17.2. The minimum absolute atomic E-state index is 0.0289. The first-order valence-corrected chi connectivity index (χ1v) is 10.1. The van der Waals surface area contributed by atoms with Gasteiger partial charge < -0.3 is 14.8 Å². The van der Waals surface area contributed by atoms with Gasteiger partial charge in [0.15, 0.2) is 5.11 Å². The summed E-state index contributed by atoms with van der Waals surface area (Å²) in [7, 11) is 0. The van der Waals surface area contributed by atoms with E-state index >= 15 is 0 Å². The van der Waals surface area contributed by atoms with E-state index in [1.54, 1.807) is 37.3 Å². The highest BCUT2D eigenvalue weighted by atomic mass is 32.1. The number of nitro benzene ring substituents is 1. The van der Waals surface area contributed by atoms with Crippen molar-refractivity contribution in [1.82, 2.24) is 5.32 Å². The lowest BCUT2D eigenvalue weighted by Crippen LogP contribution is -2.34. The van der Waals surface area contributed by atoms with Crippen molar-refractivity contribution < 1.29 is 19.2 Å². The van der Waals surface area contributed by atoms with E-state index in [4.69, 9.17) is 21.7 Å². The molecule has 0 heterocycles. The van der Waals surface area contributed by atoms with Crippen molar-refractivity contribution >= 4 is 34.6 Å². The fourth-order valence-corrected chi connectivity index (χ4v) is 2.95. The van der Waals surface area contributed by atoms with E-state index in [0.717, 1.165) is 11.3 Å². The second-order valence-electron chi connectivity index (χ2n) is 6.70. The van der Waals surface area contributed by atoms with Crippen LogP contribution in [-0.4, -0.2) is 29.2 Å². The Kier molecular flexibility index (Phi) is 7.71. The Morgan fingerprint density at radius 3 is 2.38 bits per heavy atom. The van der Waals surface area contributed by atoms with Crippen molar-refractivity contribution in [2.75, 3.05) is 18.5 Å². The minimum Gasteiger partial charge on any atom is -0.490 e. The van der Waals surface area contributed by atoms with Gasteiger partial charge in [0.25, 0.3) is 11.6 Å². The zero-order chi connectivity index (χ0) is 22.9. The highest BCUT2D eigenvalue weighted by Crippen LogP contribution is 2.22. The normalized spacial score (nSPS) is 10.2. The van der Waals surface area contributed by atoms with Crippen LogP contribution in [0.2, 0.25) is 0 Å². The number of hydrogen-bond acceptors (Lipinski definition) is 6. The van der Waals surface area contributed by atoms with Crippen LogP contribution in [0.1, 0.15) is 15.9 Å². The Balaban J connectivity index is 1.53. The van der Waals surface area contributed by atoms with Gasteiger partial charge in [0, 0.05) is 23.4 Å². The molecule has 32 heavy (non-hydrogen) atoms. The van der Waals surface area contributed by atoms with Crippen LogP contribution in [0.3, 0.4) is 0 Å². The molecule has 1 amide bonds. The first kappa shape index (κ1) is 22.7. The summed E-state index contributed by atoms with van der Waals surface area (Å²) in [5, 5.41) is 16.4. The van der Waals surface area contributed by atoms with Gasteiger partial charge >= 0.3 is 0 Å². The van der Waals surface area contributed by atoms with Gasteiger partial charge in [-0.2, -0.15) is 0 Å². The number of anilines is 1. The van der Waals surface area contributed by atoms with Gasteiger partial charge in [-0.25, -0.2) is 0 Å². The average Bonchev–Trinajstić information content (AvgIpc) is 2.79. The van der Waals surface area contributed by atoms with Gasteiger partial charge in [-0.1, -0.05) is 30.3 Å². The first-order chi connectivity index (χ1) is 15.4. The van der Waals surface area contributed by atoms with Gasteiger partial charge in [-0.05, 0) is 55.0 Å². The Morgan fingerprint density at radius 1 is 0.969 bits per heavy atom. The maximum absolute atomic E-state index is 12.5. The predicted octanol–water partition coefficient (Wildman–Crippen LogP) is 4.49. The lowest BCUT2D eigenvalue weighted by molar-refractivity contribution is -0.384. The molecular formula is C23H21N3O5S. The van der Waals surface area contributed by atoms with Crippen molar-refractivity contribution in [2.45, 2.75) is 6.92 Å². The quantitative estimate of drug-likeness (QED) is 0.225. The van der Waals surface area contributed by atoms with Crippen LogP contribution in [0, 0.1) is 17.0 Å². The van der Waals surface area contributed by atoms with Crippen molar-refractivity contribution in [3.63, 3.8) is 0 Å². The van der Waals surface area contributed by atoms with Crippen LogP contribution in [0.15, 0.2) is 72.8 Å². The van der Waals surface area contributed by atoms with E-state index in [1.807, 2.05) is 30.3 Å². The number of ether oxygens (including phenoxy) is 2. The SMILES string of the molecule is Cc1ccc([N+](=O)[O-])cc1NC(=S)NC(=O)c1cccc(OCCOc2ccccc2)c1. The Morgan fingerprint density at radius 2 is 1.66 bits per heavy atom. The molecule has 0 unspecified atom stereocenters. The summed E-state index contributed by atoms with van der Waals surface area (Å²) >= 11 is 5.19. The third-order valence-corrected chi connectivity index (χ3v) is 4.57. The number of amides is 1. The number of carbonyl (C=O) groups is 1. The number of nitrogens with one attached hydrogen (secondary N) is 2. The zero-order valence-corrected chi connectivity index (χ0v) is 18.1. The summed E-state index contributed by atoms with van der Waals surface area (Å²) in [6, 6.07) is 20.4. The second-order valence-corrected chi connectivity index (χ2v) is 7.11. The molecule has 0 saturated carbocycles. The highest BCUT2D eigenvalue weighted by molar-refractivity contribution is 7.80. The summed E-state index contributed by atoms with van der Waals surface area (Å²) in [5.74, 6) is 0.837. The van der Waals surface area contributed by atoms with E-state index in [9.17, 15) is 14.9 Å². The number of nitro groups is 1. The predicted molar refractivity (Wildman–Crippen MR) is 125 cm³/mol. The highest BCUT2D eigenvalue weighted by Gasteiger charge is 2.12. The Hall–Kier alpha value is -3.98. The standard InChI is InChI=1S/C23H21N3O5S/c1-16-10-11-18(26(28)29)15-21(16)24-23(32)25-22(27)17-6-5-9-20(14-17)31-13-12-30-19-7-3-2-4-8-19/h2-11,14-15H,12-13H2,1H3,(H2,24,25,27,32). The number of thiocarbonyl (C=S) groups is 1. The van der Waals surface area contributed by atoms with E-state index in [1.165, 1.54) is 12.1 Å². The minimum atomic E-state index is -0.497. The second kappa shape index (κ2) is 10.9. The van der Waals surface area contributed by atoms with Gasteiger partial charge in [0.2, 0.25) is 0 Å². The monoisotopic (exact) mass is 451 g/mol. The molecule has 3 aromatic rings. The largest absolute Gasteiger partial charge is 0.490 e. The fraction of sp³-hybridized carbons (Fsp3) is 0.130. The molecule has 0 aliphatic heterocycles. The number of rotatable bonds is 8. The molecule has 0 fully saturated rings. The number of benzene rings is 3. The van der Waals surface area contributed by atoms with Crippen molar-refractivity contribution in [3.8, 4) is 11.5 Å². The molecule has 0 bridgehead atoms. The van der Waals surface area contributed by atoms with Gasteiger partial charge in [0.05, 0.1) is 4.92 Å². The molecule has 3 aromatic carbocycles. The fourth-order valence-electron chi connectivity index (χ4n) is 2.75. The van der Waals surface area contributed by atoms with Crippen LogP contribution in [0.5, 0.6) is 11.5 Å². The molecule has 164 valence electrons. The summed E-state index contributed by atoms with van der Waals surface area (Å²) in [6.45, 7) is 2.45. The molecule has 2 N–H and O–H groups in total. The average molecular weight is 452 g/mol. The number of hydrogen-bond donors (Lipinski definition) is 2. The van der Waals surface area contributed by atoms with Crippen LogP contribution in [0.4, 0.5) is 11.4 Å². The number of nitrogens with zero attached hydrogens (tertiary/aromatic N) is 1. The topological polar surface area (TPSA) is 103 Å². The molecule has 8 nitrogen and oxygen atoms in total. The third-order valence-electron chi connectivity index (χ3n) is 4.37. The van der Waals surface area contributed by atoms with Gasteiger partial charge in [-0.3, -0.25) is 20.2 Å². The number of non-ortho nitro benzene ring substituents is 1. The molecule has 0 aliphatic carbocycles. The molecule has 0 radical (unpaired) electrons. The molecule has 0 spiro atoms. The van der Waals surface area contributed by atoms with Crippen molar-refractivity contribution in [3.05, 3.63) is 94.0 Å². The van der Waals surface area contributed by atoms with Gasteiger partial charge in [-0.15, -0.1) is 0 Å². The molecule has 0 aromatic heterocycles. The summed E-state index contributed by atoms with van der Waals surface area (Å²) in [5.41, 5.74) is 1.47. The van der Waals surface area contributed by atoms with Crippen molar-refractivity contribution in [1.29, 1.82) is 0 Å². The van der Waals surface area contributed by atoms with Crippen LogP contribution >= 0.6 is 12.2 Å². The summed E-state index contributed by atoms with van der Waals surface area (Å²) in [4.78, 5) is 23.0. The number of carbonyl (C=O) groups excluding carboxylic acids is 1. The molecule has 3 rings (SSSR count). The number of aryl methyl sites for hydroxylation is 1. The third kappa shape index (κ3) is 6.51. The lowest BCUT2D eigenvalue weighted by atomic mass is 10.2. The summed E-state index contributed by atoms with van der Waals surface area (Å²) < 4.78 is 11.2. The van der Waals surface area contributed by atoms with Gasteiger partial charge in [0.1, 0.15) is 24.7 Å². The van der Waals surface area contributed by atoms with E-state index in [0.29, 0.717) is 30.2 Å². The maximum atomic E-state index is 12.5. The Labute approximate surface area is 190 Å². The van der Waals surface area contributed by atoms with Crippen LogP contribution in [0.25, 0.3) is 0 Å². The smallest absolute Gasteiger partial charge is 0.271 e. The van der Waals surface area contributed by atoms with E-state index in [2.05, 4.69) is 10.6 Å². The molecule has 0 atom stereocenters.